The summed E-state index contributed by atoms with van der Waals surface area (Å²) in [6.45, 7) is 4.14. The summed E-state index contributed by atoms with van der Waals surface area (Å²) in [7, 11) is 1.35. The zero-order chi connectivity index (χ0) is 20.1. The molecular formula is C24H26O4. The lowest BCUT2D eigenvalue weighted by atomic mass is 9.86. The highest BCUT2D eigenvalue weighted by Crippen LogP contribution is 2.40. The quantitative estimate of drug-likeness (QED) is 0.584. The van der Waals surface area contributed by atoms with Gasteiger partial charge in [-0.1, -0.05) is 42.8 Å². The van der Waals surface area contributed by atoms with Gasteiger partial charge in [0.25, 0.3) is 0 Å². The lowest BCUT2D eigenvalue weighted by Crippen LogP contribution is -2.11. The van der Waals surface area contributed by atoms with E-state index in [0.717, 1.165) is 29.7 Å². The molecule has 3 rings (SSSR count). The van der Waals surface area contributed by atoms with E-state index < -0.39 is 5.97 Å². The molecule has 1 atom stereocenters. The lowest BCUT2D eigenvalue weighted by molar-refractivity contribution is -0.118. The molecule has 146 valence electrons. The van der Waals surface area contributed by atoms with Gasteiger partial charge in [0.1, 0.15) is 11.5 Å². The number of furan rings is 1. The average Bonchev–Trinajstić information content (AvgIpc) is 3.31. The molecule has 1 unspecified atom stereocenters. The number of ether oxygens (including phenoxy) is 1. The molecule has 0 N–H and O–H groups in total. The summed E-state index contributed by atoms with van der Waals surface area (Å²) in [5.41, 5.74) is 4.89. The summed E-state index contributed by atoms with van der Waals surface area (Å²) in [6.07, 6.45) is 8.44. The fraction of sp³-hybridized carbons (Fsp3) is 0.333. The summed E-state index contributed by atoms with van der Waals surface area (Å²) in [6, 6.07) is 9.14. The van der Waals surface area contributed by atoms with Gasteiger partial charge in [0, 0.05) is 24.3 Å². The third kappa shape index (κ3) is 4.16. The van der Waals surface area contributed by atoms with Crippen LogP contribution in [-0.4, -0.2) is 18.9 Å². The van der Waals surface area contributed by atoms with Gasteiger partial charge in [-0.15, -0.1) is 0 Å². The van der Waals surface area contributed by atoms with E-state index in [-0.39, 0.29) is 12.2 Å². The van der Waals surface area contributed by atoms with Gasteiger partial charge >= 0.3 is 5.97 Å². The Morgan fingerprint density at radius 2 is 1.93 bits per heavy atom. The SMILES string of the molecule is CCC1C(CCC(=O)Cc2ccccc2C(=O)OC)=CC=C1c1ccoc1C. The van der Waals surface area contributed by atoms with E-state index in [1.54, 1.807) is 18.4 Å². The van der Waals surface area contributed by atoms with E-state index in [1.165, 1.54) is 18.3 Å². The summed E-state index contributed by atoms with van der Waals surface area (Å²) in [5, 5.41) is 0. The standard InChI is InChI=1S/C24H26O4/c1-4-20-17(10-12-23(20)21-13-14-28-16(21)2)9-11-19(25)15-18-7-5-6-8-22(18)24(26)27-3/h5-8,10,12-14,20H,4,9,11,15H2,1-3H3. The first kappa shape index (κ1) is 19.9. The zero-order valence-corrected chi connectivity index (χ0v) is 16.7. The summed E-state index contributed by atoms with van der Waals surface area (Å²) < 4.78 is 10.3. The minimum absolute atomic E-state index is 0.125. The summed E-state index contributed by atoms with van der Waals surface area (Å²) >= 11 is 0. The molecule has 0 fully saturated rings. The number of benzene rings is 1. The van der Waals surface area contributed by atoms with Crippen molar-refractivity contribution >= 4 is 17.3 Å². The number of aryl methyl sites for hydroxylation is 1. The van der Waals surface area contributed by atoms with Crippen LogP contribution in [0.2, 0.25) is 0 Å². The highest BCUT2D eigenvalue weighted by Gasteiger charge is 2.25. The Bertz CT molecular complexity index is 930. The minimum Gasteiger partial charge on any atom is -0.469 e. The Balaban J connectivity index is 1.62. The minimum atomic E-state index is -0.405. The molecule has 0 saturated carbocycles. The van der Waals surface area contributed by atoms with Crippen LogP contribution in [0.5, 0.6) is 0 Å². The molecule has 1 aliphatic carbocycles. The van der Waals surface area contributed by atoms with E-state index in [2.05, 4.69) is 19.1 Å². The maximum absolute atomic E-state index is 12.6. The molecule has 28 heavy (non-hydrogen) atoms. The van der Waals surface area contributed by atoms with Gasteiger partial charge in [-0.2, -0.15) is 0 Å². The molecular weight excluding hydrogens is 352 g/mol. The highest BCUT2D eigenvalue weighted by atomic mass is 16.5. The molecule has 1 aliphatic rings. The molecule has 0 amide bonds. The van der Waals surface area contributed by atoms with Crippen molar-refractivity contribution in [2.24, 2.45) is 5.92 Å². The maximum Gasteiger partial charge on any atom is 0.338 e. The Labute approximate surface area is 165 Å². The van der Waals surface area contributed by atoms with E-state index in [4.69, 9.17) is 9.15 Å². The van der Waals surface area contributed by atoms with Crippen molar-refractivity contribution in [1.29, 1.82) is 0 Å². The maximum atomic E-state index is 12.6. The number of esters is 1. The third-order valence-corrected chi connectivity index (χ3v) is 5.38. The van der Waals surface area contributed by atoms with Crippen molar-refractivity contribution in [3.8, 4) is 0 Å². The second-order valence-corrected chi connectivity index (χ2v) is 7.08. The second kappa shape index (κ2) is 8.87. The number of Topliss-reactive ketones (excluding diaryl/α,β-unsaturated/α-hetero) is 1. The van der Waals surface area contributed by atoms with Crippen LogP contribution in [0.3, 0.4) is 0 Å². The van der Waals surface area contributed by atoms with Crippen LogP contribution < -0.4 is 0 Å². The smallest absolute Gasteiger partial charge is 0.338 e. The number of carbonyl (C=O) groups excluding carboxylic acids is 2. The average molecular weight is 378 g/mol. The molecule has 4 nitrogen and oxygen atoms in total. The Kier molecular flexibility index (Phi) is 6.30. The van der Waals surface area contributed by atoms with Crippen LogP contribution in [0.4, 0.5) is 0 Å². The number of carbonyl (C=O) groups is 2. The van der Waals surface area contributed by atoms with E-state index in [9.17, 15) is 9.59 Å². The molecule has 0 aliphatic heterocycles. The van der Waals surface area contributed by atoms with Crippen molar-refractivity contribution in [2.75, 3.05) is 7.11 Å². The molecule has 0 bridgehead atoms. The number of allylic oxidation sites excluding steroid dienone is 4. The van der Waals surface area contributed by atoms with Crippen LogP contribution in [0, 0.1) is 12.8 Å². The number of methoxy groups -OCH3 is 1. The molecule has 2 aromatic rings. The van der Waals surface area contributed by atoms with Crippen molar-refractivity contribution in [2.45, 2.75) is 39.5 Å². The Hall–Kier alpha value is -2.88. The molecule has 4 heteroatoms. The third-order valence-electron chi connectivity index (χ3n) is 5.38. The number of hydrogen-bond donors (Lipinski definition) is 0. The molecule has 0 radical (unpaired) electrons. The van der Waals surface area contributed by atoms with Gasteiger partial charge in [-0.25, -0.2) is 4.79 Å². The topological polar surface area (TPSA) is 56.5 Å². The van der Waals surface area contributed by atoms with Crippen molar-refractivity contribution in [1.82, 2.24) is 0 Å². The number of ketones is 1. The fourth-order valence-corrected chi connectivity index (χ4v) is 3.90. The predicted octanol–water partition coefficient (Wildman–Crippen LogP) is 5.32. The predicted molar refractivity (Wildman–Crippen MR) is 109 cm³/mol. The van der Waals surface area contributed by atoms with Gasteiger partial charge in [-0.05, 0) is 43.0 Å². The second-order valence-electron chi connectivity index (χ2n) is 7.08. The van der Waals surface area contributed by atoms with Crippen molar-refractivity contribution < 1.29 is 18.7 Å². The van der Waals surface area contributed by atoms with Crippen LogP contribution in [0.25, 0.3) is 5.57 Å². The summed E-state index contributed by atoms with van der Waals surface area (Å²) in [4.78, 5) is 24.5. The van der Waals surface area contributed by atoms with Gasteiger partial charge in [0.2, 0.25) is 0 Å². The molecule has 1 aromatic heterocycles. The van der Waals surface area contributed by atoms with Crippen LogP contribution >= 0.6 is 0 Å². The Morgan fingerprint density at radius 3 is 2.61 bits per heavy atom. The van der Waals surface area contributed by atoms with Crippen molar-refractivity contribution in [3.05, 3.63) is 76.8 Å². The van der Waals surface area contributed by atoms with Gasteiger partial charge in [0.05, 0.1) is 18.9 Å². The Morgan fingerprint density at radius 1 is 1.14 bits per heavy atom. The first-order valence-corrected chi connectivity index (χ1v) is 9.68. The van der Waals surface area contributed by atoms with Gasteiger partial charge in [0.15, 0.2) is 0 Å². The molecule has 0 spiro atoms. The first-order chi connectivity index (χ1) is 13.5. The lowest BCUT2D eigenvalue weighted by Gasteiger charge is -2.17. The van der Waals surface area contributed by atoms with E-state index >= 15 is 0 Å². The van der Waals surface area contributed by atoms with Crippen LogP contribution in [-0.2, 0) is 16.0 Å². The number of hydrogen-bond acceptors (Lipinski definition) is 4. The largest absolute Gasteiger partial charge is 0.469 e. The van der Waals surface area contributed by atoms with Crippen molar-refractivity contribution in [3.63, 3.8) is 0 Å². The normalized spacial score (nSPS) is 15.9. The van der Waals surface area contributed by atoms with E-state index in [1.807, 2.05) is 25.1 Å². The zero-order valence-electron chi connectivity index (χ0n) is 16.7. The molecule has 0 saturated heterocycles. The van der Waals surface area contributed by atoms with Gasteiger partial charge < -0.3 is 9.15 Å². The first-order valence-electron chi connectivity index (χ1n) is 9.68. The highest BCUT2D eigenvalue weighted by molar-refractivity contribution is 5.93. The molecule has 1 heterocycles. The van der Waals surface area contributed by atoms with Gasteiger partial charge in [-0.3, -0.25) is 4.79 Å². The van der Waals surface area contributed by atoms with Crippen LogP contribution in [0.15, 0.2) is 58.7 Å². The fourth-order valence-electron chi connectivity index (χ4n) is 3.90. The monoisotopic (exact) mass is 378 g/mol. The summed E-state index contributed by atoms with van der Waals surface area (Å²) in [5.74, 6) is 0.971. The van der Waals surface area contributed by atoms with Crippen LogP contribution in [0.1, 0.15) is 53.4 Å². The number of rotatable bonds is 8. The van der Waals surface area contributed by atoms with E-state index in [0.29, 0.717) is 17.9 Å². The molecule has 1 aromatic carbocycles.